The third-order valence-corrected chi connectivity index (χ3v) is 4.13. The monoisotopic (exact) mass is 211 g/mol. The molecule has 0 radical (unpaired) electrons. The first-order chi connectivity index (χ1) is 7.26. The molecule has 1 aliphatic rings. The van der Waals surface area contributed by atoms with Gasteiger partial charge in [-0.1, -0.05) is 52.4 Å². The minimum absolute atomic E-state index is 0.767. The van der Waals surface area contributed by atoms with E-state index in [1.54, 1.807) is 0 Å². The number of rotatable bonds is 6. The lowest BCUT2D eigenvalue weighted by Crippen LogP contribution is -2.30. The molecule has 1 N–H and O–H groups in total. The number of nitrogens with one attached hydrogen (secondary N) is 1. The summed E-state index contributed by atoms with van der Waals surface area (Å²) in [5.41, 5.74) is 0. The third-order valence-electron chi connectivity index (χ3n) is 4.13. The average molecular weight is 211 g/mol. The first-order valence-electron chi connectivity index (χ1n) is 6.93. The predicted octanol–water partition coefficient (Wildman–Crippen LogP) is 3.98. The molecule has 1 nitrogen and oxygen atoms in total. The zero-order valence-corrected chi connectivity index (χ0v) is 10.9. The van der Waals surface area contributed by atoms with Crippen molar-refractivity contribution in [2.24, 2.45) is 11.8 Å². The van der Waals surface area contributed by atoms with Crippen LogP contribution in [0.1, 0.15) is 65.2 Å². The van der Waals surface area contributed by atoms with Crippen LogP contribution in [-0.4, -0.2) is 13.1 Å². The average Bonchev–Trinajstić information content (AvgIpc) is 2.29. The van der Waals surface area contributed by atoms with Crippen LogP contribution in [-0.2, 0) is 0 Å². The first-order valence-corrected chi connectivity index (χ1v) is 6.93. The van der Waals surface area contributed by atoms with Gasteiger partial charge in [0.05, 0.1) is 0 Å². The summed E-state index contributed by atoms with van der Waals surface area (Å²) in [6, 6.07) is 0.767. The van der Waals surface area contributed by atoms with Crippen LogP contribution in [0.2, 0.25) is 0 Å². The molecule has 0 saturated heterocycles. The summed E-state index contributed by atoms with van der Waals surface area (Å²) < 4.78 is 0. The molecule has 1 fully saturated rings. The Bertz CT molecular complexity index is 149. The molecule has 1 aliphatic carbocycles. The fourth-order valence-corrected chi connectivity index (χ4v) is 2.81. The van der Waals surface area contributed by atoms with Gasteiger partial charge in [0, 0.05) is 6.04 Å². The van der Waals surface area contributed by atoms with Gasteiger partial charge in [-0.25, -0.2) is 0 Å². The molecule has 0 spiro atoms. The molecular weight excluding hydrogens is 182 g/mol. The van der Waals surface area contributed by atoms with E-state index in [2.05, 4.69) is 26.2 Å². The van der Waals surface area contributed by atoms with E-state index in [4.69, 9.17) is 0 Å². The molecule has 90 valence electrons. The van der Waals surface area contributed by atoms with Gasteiger partial charge < -0.3 is 5.32 Å². The molecule has 15 heavy (non-hydrogen) atoms. The van der Waals surface area contributed by atoms with Gasteiger partial charge in [0.2, 0.25) is 0 Å². The van der Waals surface area contributed by atoms with E-state index in [9.17, 15) is 0 Å². The zero-order valence-electron chi connectivity index (χ0n) is 10.9. The highest BCUT2D eigenvalue weighted by atomic mass is 14.9. The smallest absolute Gasteiger partial charge is 0.00692 e. The standard InChI is InChI=1S/C14H29N/c1-4-12(2)10-14(15-3)11-13-8-6-5-7-9-13/h12-15H,4-11H2,1-3H3. The first kappa shape index (κ1) is 13.0. The summed E-state index contributed by atoms with van der Waals surface area (Å²) in [5, 5.41) is 3.51. The lowest BCUT2D eigenvalue weighted by atomic mass is 9.83. The van der Waals surface area contributed by atoms with E-state index in [1.165, 1.54) is 51.4 Å². The van der Waals surface area contributed by atoms with Gasteiger partial charge in [-0.05, 0) is 31.7 Å². The van der Waals surface area contributed by atoms with Crippen molar-refractivity contribution < 1.29 is 0 Å². The van der Waals surface area contributed by atoms with E-state index >= 15 is 0 Å². The van der Waals surface area contributed by atoms with Crippen molar-refractivity contribution in [3.63, 3.8) is 0 Å². The molecule has 2 unspecified atom stereocenters. The van der Waals surface area contributed by atoms with Crippen LogP contribution in [0.4, 0.5) is 0 Å². The Kier molecular flexibility index (Phi) is 6.31. The quantitative estimate of drug-likeness (QED) is 0.700. The Morgan fingerprint density at radius 2 is 1.87 bits per heavy atom. The van der Waals surface area contributed by atoms with Crippen molar-refractivity contribution in [2.75, 3.05) is 7.05 Å². The molecule has 0 bridgehead atoms. The van der Waals surface area contributed by atoms with Crippen molar-refractivity contribution in [3.05, 3.63) is 0 Å². The van der Waals surface area contributed by atoms with Crippen LogP contribution < -0.4 is 5.32 Å². The van der Waals surface area contributed by atoms with Crippen LogP contribution in [0.25, 0.3) is 0 Å². The van der Waals surface area contributed by atoms with Gasteiger partial charge in [0.25, 0.3) is 0 Å². The van der Waals surface area contributed by atoms with Crippen LogP contribution >= 0.6 is 0 Å². The molecule has 0 amide bonds. The maximum Gasteiger partial charge on any atom is 0.00692 e. The maximum atomic E-state index is 3.51. The molecule has 1 saturated carbocycles. The summed E-state index contributed by atoms with van der Waals surface area (Å²) in [7, 11) is 2.13. The van der Waals surface area contributed by atoms with Crippen LogP contribution in [0.5, 0.6) is 0 Å². The molecule has 0 aromatic heterocycles. The topological polar surface area (TPSA) is 12.0 Å². The highest BCUT2D eigenvalue weighted by Gasteiger charge is 2.18. The maximum absolute atomic E-state index is 3.51. The molecule has 1 rings (SSSR count). The normalized spacial score (nSPS) is 22.6. The SMILES string of the molecule is CCC(C)CC(CC1CCCCC1)NC. The van der Waals surface area contributed by atoms with E-state index in [0.29, 0.717) is 0 Å². The molecule has 0 aromatic carbocycles. The van der Waals surface area contributed by atoms with Crippen molar-refractivity contribution in [1.82, 2.24) is 5.32 Å². The summed E-state index contributed by atoms with van der Waals surface area (Å²) in [6.07, 6.45) is 11.5. The van der Waals surface area contributed by atoms with Crippen molar-refractivity contribution in [3.8, 4) is 0 Å². The number of hydrogen-bond donors (Lipinski definition) is 1. The van der Waals surface area contributed by atoms with Gasteiger partial charge in [0.1, 0.15) is 0 Å². The summed E-state index contributed by atoms with van der Waals surface area (Å²) in [5.74, 6) is 1.89. The van der Waals surface area contributed by atoms with Crippen molar-refractivity contribution in [1.29, 1.82) is 0 Å². The molecule has 1 heteroatoms. The molecule has 0 aliphatic heterocycles. The van der Waals surface area contributed by atoms with Crippen molar-refractivity contribution in [2.45, 2.75) is 71.3 Å². The predicted molar refractivity (Wildman–Crippen MR) is 68.1 cm³/mol. The Morgan fingerprint density at radius 3 is 2.40 bits per heavy atom. The Labute approximate surface area is 96.0 Å². The molecule has 0 aromatic rings. The second kappa shape index (κ2) is 7.27. The zero-order chi connectivity index (χ0) is 11.1. The van der Waals surface area contributed by atoms with Gasteiger partial charge in [-0.3, -0.25) is 0 Å². The fraction of sp³-hybridized carbons (Fsp3) is 1.00. The largest absolute Gasteiger partial charge is 0.317 e. The minimum atomic E-state index is 0.767. The Balaban J connectivity index is 2.25. The van der Waals surface area contributed by atoms with Crippen LogP contribution in [0.15, 0.2) is 0 Å². The lowest BCUT2D eigenvalue weighted by Gasteiger charge is -2.27. The Hall–Kier alpha value is -0.0400. The van der Waals surface area contributed by atoms with E-state index in [-0.39, 0.29) is 0 Å². The Morgan fingerprint density at radius 1 is 1.20 bits per heavy atom. The second-order valence-corrected chi connectivity index (χ2v) is 5.47. The molecule has 2 atom stereocenters. The second-order valence-electron chi connectivity index (χ2n) is 5.47. The van der Waals surface area contributed by atoms with E-state index in [0.717, 1.165) is 17.9 Å². The van der Waals surface area contributed by atoms with E-state index < -0.39 is 0 Å². The lowest BCUT2D eigenvalue weighted by molar-refractivity contribution is 0.280. The van der Waals surface area contributed by atoms with Crippen LogP contribution in [0.3, 0.4) is 0 Å². The van der Waals surface area contributed by atoms with Gasteiger partial charge in [-0.15, -0.1) is 0 Å². The number of hydrogen-bond acceptors (Lipinski definition) is 1. The summed E-state index contributed by atoms with van der Waals surface area (Å²) in [6.45, 7) is 4.68. The summed E-state index contributed by atoms with van der Waals surface area (Å²) >= 11 is 0. The molecular formula is C14H29N. The van der Waals surface area contributed by atoms with Gasteiger partial charge in [-0.2, -0.15) is 0 Å². The van der Waals surface area contributed by atoms with E-state index in [1.807, 2.05) is 0 Å². The third kappa shape index (κ3) is 5.01. The van der Waals surface area contributed by atoms with Gasteiger partial charge >= 0.3 is 0 Å². The van der Waals surface area contributed by atoms with Crippen LogP contribution in [0, 0.1) is 11.8 Å². The highest BCUT2D eigenvalue weighted by Crippen LogP contribution is 2.28. The summed E-state index contributed by atoms with van der Waals surface area (Å²) in [4.78, 5) is 0. The highest BCUT2D eigenvalue weighted by molar-refractivity contribution is 4.75. The fourth-order valence-electron chi connectivity index (χ4n) is 2.81. The van der Waals surface area contributed by atoms with Gasteiger partial charge in [0.15, 0.2) is 0 Å². The van der Waals surface area contributed by atoms with Crippen molar-refractivity contribution >= 4 is 0 Å². The molecule has 0 heterocycles. The minimum Gasteiger partial charge on any atom is -0.317 e.